The van der Waals surface area contributed by atoms with Gasteiger partial charge in [-0.05, 0) is 18.8 Å². The molecule has 0 spiro atoms. The summed E-state index contributed by atoms with van der Waals surface area (Å²) >= 11 is 0. The van der Waals surface area contributed by atoms with Crippen LogP contribution >= 0.6 is 0 Å². The highest BCUT2D eigenvalue weighted by molar-refractivity contribution is 5.78. The number of nitrogens with zero attached hydrogens (tertiary/aromatic N) is 2. The highest BCUT2D eigenvalue weighted by atomic mass is 16.4. The number of rotatable bonds is 5. The first kappa shape index (κ1) is 17.6. The van der Waals surface area contributed by atoms with E-state index in [1.54, 1.807) is 4.90 Å². The minimum atomic E-state index is -0.927. The van der Waals surface area contributed by atoms with E-state index in [-0.39, 0.29) is 24.9 Å². The van der Waals surface area contributed by atoms with Gasteiger partial charge < -0.3 is 20.2 Å². The second kappa shape index (κ2) is 8.74. The molecule has 0 aromatic heterocycles. The van der Waals surface area contributed by atoms with Crippen molar-refractivity contribution in [2.45, 2.75) is 44.9 Å². The van der Waals surface area contributed by atoms with Crippen molar-refractivity contribution in [3.8, 4) is 0 Å². The molecule has 23 heavy (non-hydrogen) atoms. The molecule has 0 atom stereocenters. The van der Waals surface area contributed by atoms with Crippen LogP contribution in [-0.2, 0) is 9.59 Å². The fourth-order valence-electron chi connectivity index (χ4n) is 3.31. The van der Waals surface area contributed by atoms with E-state index in [9.17, 15) is 14.4 Å². The fourth-order valence-corrected chi connectivity index (χ4v) is 3.31. The summed E-state index contributed by atoms with van der Waals surface area (Å²) in [5.74, 6) is -0.181. The minimum Gasteiger partial charge on any atom is -0.481 e. The van der Waals surface area contributed by atoms with Crippen molar-refractivity contribution < 1.29 is 19.5 Å². The Morgan fingerprint density at radius 1 is 0.957 bits per heavy atom. The van der Waals surface area contributed by atoms with Gasteiger partial charge in [-0.15, -0.1) is 0 Å². The molecule has 1 saturated carbocycles. The number of hydrogen-bond acceptors (Lipinski definition) is 3. The summed E-state index contributed by atoms with van der Waals surface area (Å²) in [6.07, 6.45) is 6.66. The van der Waals surface area contributed by atoms with E-state index in [1.165, 1.54) is 19.3 Å². The van der Waals surface area contributed by atoms with Gasteiger partial charge in [0.25, 0.3) is 0 Å². The molecule has 7 nitrogen and oxygen atoms in total. The number of carbonyl (C=O) groups excluding carboxylic acids is 2. The fraction of sp³-hybridized carbons (Fsp3) is 0.812. The van der Waals surface area contributed by atoms with Gasteiger partial charge in [-0.1, -0.05) is 19.3 Å². The number of piperazine rings is 1. The Morgan fingerprint density at radius 3 is 2.17 bits per heavy atom. The number of nitrogens with one attached hydrogen (secondary N) is 1. The van der Waals surface area contributed by atoms with E-state index in [4.69, 9.17) is 5.11 Å². The lowest BCUT2D eigenvalue weighted by Crippen LogP contribution is -2.53. The van der Waals surface area contributed by atoms with Crippen LogP contribution in [0.1, 0.15) is 44.9 Å². The molecule has 2 N–H and O–H groups in total. The molecule has 0 aromatic carbocycles. The number of carbonyl (C=O) groups is 3. The molecule has 0 aromatic rings. The monoisotopic (exact) mass is 325 g/mol. The van der Waals surface area contributed by atoms with Crippen LogP contribution in [0.4, 0.5) is 4.79 Å². The number of aliphatic carboxylic acids is 1. The molecule has 1 aliphatic heterocycles. The first-order chi connectivity index (χ1) is 11.1. The maximum atomic E-state index is 12.3. The van der Waals surface area contributed by atoms with Crippen LogP contribution in [0.15, 0.2) is 0 Å². The Hall–Kier alpha value is -1.79. The number of hydrogen-bond donors (Lipinski definition) is 2. The zero-order valence-corrected chi connectivity index (χ0v) is 13.6. The van der Waals surface area contributed by atoms with Crippen molar-refractivity contribution in [1.29, 1.82) is 0 Å². The van der Waals surface area contributed by atoms with Gasteiger partial charge in [0.2, 0.25) is 5.91 Å². The van der Waals surface area contributed by atoms with Crippen LogP contribution in [0.3, 0.4) is 0 Å². The summed E-state index contributed by atoms with van der Waals surface area (Å²) < 4.78 is 0. The third-order valence-corrected chi connectivity index (χ3v) is 4.72. The standard InChI is InChI=1S/C16H27N3O4/c20-14(12-13-4-2-1-3-5-13)18-8-10-19(11-9-18)16(23)17-7-6-15(21)22/h13H,1-12H2,(H,17,23)(H,21,22). The van der Waals surface area contributed by atoms with Gasteiger partial charge in [0, 0.05) is 39.1 Å². The third kappa shape index (κ3) is 5.73. The van der Waals surface area contributed by atoms with Gasteiger partial charge in [0.1, 0.15) is 0 Å². The summed E-state index contributed by atoms with van der Waals surface area (Å²) in [4.78, 5) is 38.2. The highest BCUT2D eigenvalue weighted by Crippen LogP contribution is 2.27. The van der Waals surface area contributed by atoms with Crippen LogP contribution in [0.5, 0.6) is 0 Å². The lowest BCUT2D eigenvalue weighted by atomic mass is 9.86. The van der Waals surface area contributed by atoms with Crippen LogP contribution in [0, 0.1) is 5.92 Å². The van der Waals surface area contributed by atoms with E-state index < -0.39 is 5.97 Å². The Balaban J connectivity index is 1.67. The molecule has 0 bridgehead atoms. The van der Waals surface area contributed by atoms with E-state index in [1.807, 2.05) is 4.90 Å². The van der Waals surface area contributed by atoms with E-state index in [2.05, 4.69) is 5.32 Å². The molecular formula is C16H27N3O4. The molecule has 0 radical (unpaired) electrons. The smallest absolute Gasteiger partial charge is 0.317 e. The number of amides is 3. The van der Waals surface area contributed by atoms with Crippen LogP contribution in [-0.4, -0.2) is 65.5 Å². The van der Waals surface area contributed by atoms with Gasteiger partial charge in [0.15, 0.2) is 0 Å². The number of carboxylic acid groups (broad SMARTS) is 1. The van der Waals surface area contributed by atoms with Gasteiger partial charge >= 0.3 is 12.0 Å². The predicted molar refractivity (Wildman–Crippen MR) is 85.0 cm³/mol. The Labute approximate surface area is 137 Å². The maximum absolute atomic E-state index is 12.3. The molecule has 1 saturated heterocycles. The second-order valence-corrected chi connectivity index (χ2v) is 6.45. The summed E-state index contributed by atoms with van der Waals surface area (Å²) in [5.41, 5.74) is 0. The topological polar surface area (TPSA) is 89.9 Å². The quantitative estimate of drug-likeness (QED) is 0.797. The Kier molecular flexibility index (Phi) is 6.67. The molecule has 1 heterocycles. The SMILES string of the molecule is O=C(O)CCNC(=O)N1CCN(C(=O)CC2CCCCC2)CC1. The average molecular weight is 325 g/mol. The molecule has 3 amide bonds. The van der Waals surface area contributed by atoms with Gasteiger partial charge in [0.05, 0.1) is 6.42 Å². The van der Waals surface area contributed by atoms with Crippen molar-refractivity contribution in [2.24, 2.45) is 5.92 Å². The Morgan fingerprint density at radius 2 is 1.57 bits per heavy atom. The van der Waals surface area contributed by atoms with Crippen molar-refractivity contribution in [1.82, 2.24) is 15.1 Å². The molecule has 2 fully saturated rings. The molecule has 130 valence electrons. The lowest BCUT2D eigenvalue weighted by Gasteiger charge is -2.35. The molecule has 0 unspecified atom stereocenters. The molecular weight excluding hydrogens is 298 g/mol. The third-order valence-electron chi connectivity index (χ3n) is 4.72. The summed E-state index contributed by atoms with van der Waals surface area (Å²) in [7, 11) is 0. The number of carboxylic acids is 1. The van der Waals surface area contributed by atoms with E-state index in [0.29, 0.717) is 38.5 Å². The van der Waals surface area contributed by atoms with Crippen LogP contribution in [0.2, 0.25) is 0 Å². The van der Waals surface area contributed by atoms with Crippen LogP contribution < -0.4 is 5.32 Å². The zero-order valence-electron chi connectivity index (χ0n) is 13.6. The molecule has 7 heteroatoms. The summed E-state index contributed by atoms with van der Waals surface area (Å²) in [5, 5.41) is 11.2. The summed E-state index contributed by atoms with van der Waals surface area (Å²) in [6, 6.07) is -0.245. The summed E-state index contributed by atoms with van der Waals surface area (Å²) in [6.45, 7) is 2.29. The van der Waals surface area contributed by atoms with Crippen molar-refractivity contribution >= 4 is 17.9 Å². The van der Waals surface area contributed by atoms with Crippen molar-refractivity contribution in [3.05, 3.63) is 0 Å². The molecule has 1 aliphatic carbocycles. The normalized spacial score (nSPS) is 19.5. The highest BCUT2D eigenvalue weighted by Gasteiger charge is 2.26. The maximum Gasteiger partial charge on any atom is 0.317 e. The second-order valence-electron chi connectivity index (χ2n) is 6.45. The molecule has 2 aliphatic rings. The van der Waals surface area contributed by atoms with Gasteiger partial charge in [-0.25, -0.2) is 4.79 Å². The lowest BCUT2D eigenvalue weighted by molar-refractivity contribution is -0.137. The van der Waals surface area contributed by atoms with Gasteiger partial charge in [-0.2, -0.15) is 0 Å². The average Bonchev–Trinajstić information content (AvgIpc) is 2.55. The van der Waals surface area contributed by atoms with Gasteiger partial charge in [-0.3, -0.25) is 9.59 Å². The van der Waals surface area contributed by atoms with Crippen LogP contribution in [0.25, 0.3) is 0 Å². The number of urea groups is 1. The first-order valence-electron chi connectivity index (χ1n) is 8.58. The zero-order chi connectivity index (χ0) is 16.7. The van der Waals surface area contributed by atoms with Crippen molar-refractivity contribution in [3.63, 3.8) is 0 Å². The molecule has 2 rings (SSSR count). The Bertz CT molecular complexity index is 427. The predicted octanol–water partition coefficient (Wildman–Crippen LogP) is 1.29. The van der Waals surface area contributed by atoms with E-state index in [0.717, 1.165) is 12.8 Å². The minimum absolute atomic E-state index is 0.0778. The van der Waals surface area contributed by atoms with Crippen molar-refractivity contribution in [2.75, 3.05) is 32.7 Å². The largest absolute Gasteiger partial charge is 0.481 e. The first-order valence-corrected chi connectivity index (χ1v) is 8.58. The van der Waals surface area contributed by atoms with E-state index >= 15 is 0 Å².